The summed E-state index contributed by atoms with van der Waals surface area (Å²) in [5.74, 6) is 2.52. The van der Waals surface area contributed by atoms with Gasteiger partial charge < -0.3 is 20.3 Å². The van der Waals surface area contributed by atoms with Crippen LogP contribution in [0.15, 0.2) is 48.5 Å². The number of carbonyl (C=O) groups excluding carboxylic acids is 1. The molecule has 1 aliphatic heterocycles. The molecule has 3 aromatic rings. The average molecular weight is 472 g/mol. The van der Waals surface area contributed by atoms with E-state index in [4.69, 9.17) is 27.9 Å². The van der Waals surface area contributed by atoms with Gasteiger partial charge in [-0.1, -0.05) is 23.2 Å². The van der Waals surface area contributed by atoms with Gasteiger partial charge in [0.1, 0.15) is 23.2 Å². The molecule has 0 saturated carbocycles. The Morgan fingerprint density at radius 2 is 1.75 bits per heavy atom. The first-order valence-corrected chi connectivity index (χ1v) is 11.1. The minimum Gasteiger partial charge on any atom is -0.482 e. The van der Waals surface area contributed by atoms with E-state index in [1.165, 1.54) is 12.8 Å². The maximum atomic E-state index is 12.2. The molecule has 1 amide bonds. The second kappa shape index (κ2) is 10.1. The van der Waals surface area contributed by atoms with Crippen LogP contribution < -0.4 is 20.3 Å². The van der Waals surface area contributed by atoms with Crippen molar-refractivity contribution >= 4 is 52.1 Å². The van der Waals surface area contributed by atoms with Gasteiger partial charge in [0.05, 0.1) is 5.02 Å². The largest absolute Gasteiger partial charge is 0.482 e. The highest BCUT2D eigenvalue weighted by atomic mass is 35.5. The Bertz CT molecular complexity index is 1100. The third-order valence-electron chi connectivity index (χ3n) is 4.95. The van der Waals surface area contributed by atoms with Crippen molar-refractivity contribution in [1.82, 2.24) is 9.97 Å². The molecule has 2 N–H and O–H groups in total. The van der Waals surface area contributed by atoms with E-state index in [2.05, 4.69) is 25.5 Å². The Labute approximate surface area is 196 Å². The monoisotopic (exact) mass is 471 g/mol. The number of aryl methyl sites for hydroxylation is 1. The number of nitrogens with one attached hydrogen (secondary N) is 2. The molecule has 2 aromatic carbocycles. The zero-order valence-electron chi connectivity index (χ0n) is 17.6. The van der Waals surface area contributed by atoms with Gasteiger partial charge in [-0.3, -0.25) is 4.79 Å². The lowest BCUT2D eigenvalue weighted by Gasteiger charge is -2.18. The molecule has 2 heterocycles. The second-order valence-electron chi connectivity index (χ2n) is 7.47. The Hall–Kier alpha value is -3.03. The van der Waals surface area contributed by atoms with Crippen LogP contribution in [0.5, 0.6) is 5.75 Å². The van der Waals surface area contributed by atoms with Crippen molar-refractivity contribution in [2.24, 2.45) is 0 Å². The zero-order chi connectivity index (χ0) is 22.5. The summed E-state index contributed by atoms with van der Waals surface area (Å²) in [4.78, 5) is 23.5. The molecule has 166 valence electrons. The number of anilines is 4. The van der Waals surface area contributed by atoms with Crippen LogP contribution in [-0.4, -0.2) is 35.6 Å². The van der Waals surface area contributed by atoms with Gasteiger partial charge in [0, 0.05) is 35.6 Å². The lowest BCUT2D eigenvalue weighted by atomic mass is 10.2. The number of carbonyl (C=O) groups is 1. The van der Waals surface area contributed by atoms with Gasteiger partial charge in [-0.25, -0.2) is 9.97 Å². The van der Waals surface area contributed by atoms with E-state index in [0.717, 1.165) is 36.2 Å². The molecule has 0 unspecified atom stereocenters. The van der Waals surface area contributed by atoms with Crippen molar-refractivity contribution in [3.63, 3.8) is 0 Å². The number of hydrogen-bond acceptors (Lipinski definition) is 6. The molecule has 32 heavy (non-hydrogen) atoms. The van der Waals surface area contributed by atoms with Gasteiger partial charge in [-0.05, 0) is 62.2 Å². The van der Waals surface area contributed by atoms with Crippen LogP contribution in [0.2, 0.25) is 10.0 Å². The lowest BCUT2D eigenvalue weighted by Crippen LogP contribution is -2.20. The van der Waals surface area contributed by atoms with E-state index < -0.39 is 0 Å². The smallest absolute Gasteiger partial charge is 0.262 e. The number of ether oxygens (including phenoxy) is 1. The molecule has 9 heteroatoms. The maximum absolute atomic E-state index is 12.2. The van der Waals surface area contributed by atoms with Crippen LogP contribution in [0.4, 0.5) is 23.0 Å². The Kier molecular flexibility index (Phi) is 6.97. The van der Waals surface area contributed by atoms with E-state index in [1.807, 2.05) is 37.3 Å². The molecule has 1 fully saturated rings. The quantitative estimate of drug-likeness (QED) is 0.476. The average Bonchev–Trinajstić information content (AvgIpc) is 3.29. The van der Waals surface area contributed by atoms with Crippen molar-refractivity contribution < 1.29 is 9.53 Å². The summed E-state index contributed by atoms with van der Waals surface area (Å²) in [5.41, 5.74) is 1.51. The van der Waals surface area contributed by atoms with Crippen molar-refractivity contribution in [2.75, 3.05) is 35.2 Å². The standard InChI is InChI=1S/C23H23Cl2N5O2/c1-15-26-21(13-22(27-15)30-10-2-3-11-30)28-17-5-7-18(8-6-17)29-23(31)14-32-20-9-4-16(24)12-19(20)25/h4-9,12-13H,2-3,10-11,14H2,1H3,(H,29,31)(H,26,27,28). The summed E-state index contributed by atoms with van der Waals surface area (Å²) in [5, 5.41) is 6.96. The Morgan fingerprint density at radius 3 is 2.47 bits per heavy atom. The minimum atomic E-state index is -0.293. The van der Waals surface area contributed by atoms with Crippen LogP contribution in [-0.2, 0) is 4.79 Å². The van der Waals surface area contributed by atoms with Gasteiger partial charge in [0.15, 0.2) is 6.61 Å². The Morgan fingerprint density at radius 1 is 1.03 bits per heavy atom. The van der Waals surface area contributed by atoms with Crippen LogP contribution in [0.3, 0.4) is 0 Å². The number of rotatable bonds is 7. The molecule has 0 aliphatic carbocycles. The number of aromatic nitrogens is 2. The molecular formula is C23H23Cl2N5O2. The summed E-state index contributed by atoms with van der Waals surface area (Å²) in [6.45, 7) is 3.78. The fraction of sp³-hybridized carbons (Fsp3) is 0.261. The molecule has 7 nitrogen and oxygen atoms in total. The van der Waals surface area contributed by atoms with E-state index in [9.17, 15) is 4.79 Å². The molecule has 0 atom stereocenters. The van der Waals surface area contributed by atoms with Gasteiger partial charge in [-0.15, -0.1) is 0 Å². The normalized spacial score (nSPS) is 13.2. The molecule has 1 saturated heterocycles. The van der Waals surface area contributed by atoms with E-state index >= 15 is 0 Å². The number of amides is 1. The second-order valence-corrected chi connectivity index (χ2v) is 8.31. The third-order valence-corrected chi connectivity index (χ3v) is 5.48. The fourth-order valence-electron chi connectivity index (χ4n) is 3.44. The maximum Gasteiger partial charge on any atom is 0.262 e. The molecular weight excluding hydrogens is 449 g/mol. The highest BCUT2D eigenvalue weighted by Crippen LogP contribution is 2.27. The van der Waals surface area contributed by atoms with Crippen molar-refractivity contribution in [3.8, 4) is 5.75 Å². The minimum absolute atomic E-state index is 0.166. The van der Waals surface area contributed by atoms with Crippen molar-refractivity contribution in [2.45, 2.75) is 19.8 Å². The van der Waals surface area contributed by atoms with Gasteiger partial charge in [0.25, 0.3) is 5.91 Å². The molecule has 0 spiro atoms. The van der Waals surface area contributed by atoms with E-state index in [1.54, 1.807) is 18.2 Å². The molecule has 4 rings (SSSR count). The highest BCUT2D eigenvalue weighted by molar-refractivity contribution is 6.35. The molecule has 1 aliphatic rings. The summed E-state index contributed by atoms with van der Waals surface area (Å²) < 4.78 is 5.46. The lowest BCUT2D eigenvalue weighted by molar-refractivity contribution is -0.118. The molecule has 0 radical (unpaired) electrons. The third kappa shape index (κ3) is 5.81. The number of hydrogen-bond donors (Lipinski definition) is 2. The topological polar surface area (TPSA) is 79.4 Å². The summed E-state index contributed by atoms with van der Waals surface area (Å²) >= 11 is 11.9. The Balaban J connectivity index is 1.33. The van der Waals surface area contributed by atoms with Crippen LogP contribution in [0.25, 0.3) is 0 Å². The number of benzene rings is 2. The van der Waals surface area contributed by atoms with E-state index in [0.29, 0.717) is 21.5 Å². The number of halogens is 2. The molecule has 1 aromatic heterocycles. The summed E-state index contributed by atoms with van der Waals surface area (Å²) in [6, 6.07) is 14.2. The van der Waals surface area contributed by atoms with Crippen LogP contribution >= 0.6 is 23.2 Å². The summed E-state index contributed by atoms with van der Waals surface area (Å²) in [7, 11) is 0. The number of nitrogens with zero attached hydrogens (tertiary/aromatic N) is 3. The SMILES string of the molecule is Cc1nc(Nc2ccc(NC(=O)COc3ccc(Cl)cc3Cl)cc2)cc(N2CCCC2)n1. The predicted octanol–water partition coefficient (Wildman–Crippen LogP) is 5.45. The van der Waals surface area contributed by atoms with Gasteiger partial charge in [-0.2, -0.15) is 0 Å². The summed E-state index contributed by atoms with van der Waals surface area (Å²) in [6.07, 6.45) is 2.38. The van der Waals surface area contributed by atoms with Crippen molar-refractivity contribution in [3.05, 3.63) is 64.4 Å². The first kappa shape index (κ1) is 22.2. The first-order valence-electron chi connectivity index (χ1n) is 10.3. The van der Waals surface area contributed by atoms with Gasteiger partial charge in [0.2, 0.25) is 0 Å². The van der Waals surface area contributed by atoms with E-state index in [-0.39, 0.29) is 12.5 Å². The van der Waals surface area contributed by atoms with Crippen molar-refractivity contribution in [1.29, 1.82) is 0 Å². The predicted molar refractivity (Wildman–Crippen MR) is 129 cm³/mol. The fourth-order valence-corrected chi connectivity index (χ4v) is 3.90. The van der Waals surface area contributed by atoms with Crippen LogP contribution in [0, 0.1) is 6.92 Å². The van der Waals surface area contributed by atoms with Gasteiger partial charge >= 0.3 is 0 Å². The highest BCUT2D eigenvalue weighted by Gasteiger charge is 2.15. The molecule has 0 bridgehead atoms. The van der Waals surface area contributed by atoms with Crippen LogP contribution in [0.1, 0.15) is 18.7 Å². The first-order chi connectivity index (χ1) is 15.5. The zero-order valence-corrected chi connectivity index (χ0v) is 19.1.